The van der Waals surface area contributed by atoms with Crippen molar-refractivity contribution in [3.05, 3.63) is 71.1 Å². The van der Waals surface area contributed by atoms with Crippen molar-refractivity contribution in [1.29, 1.82) is 0 Å². The SMILES string of the molecule is O=C(NCc1ccc2c(c1)OCO2)c1cnc(Nc2cccc(Cl)c2)cn1. The molecule has 0 atom stereocenters. The van der Waals surface area contributed by atoms with Gasteiger partial charge in [-0.05, 0) is 35.9 Å². The van der Waals surface area contributed by atoms with Crippen LogP contribution in [0, 0.1) is 0 Å². The molecule has 0 unspecified atom stereocenters. The molecule has 1 aliphatic rings. The third-order valence-corrected chi connectivity index (χ3v) is 4.11. The summed E-state index contributed by atoms with van der Waals surface area (Å²) in [5.41, 5.74) is 1.92. The number of carbonyl (C=O) groups is 1. The van der Waals surface area contributed by atoms with Gasteiger partial charge in [0.15, 0.2) is 11.5 Å². The quantitative estimate of drug-likeness (QED) is 0.702. The lowest BCUT2D eigenvalue weighted by atomic mass is 10.2. The molecule has 136 valence electrons. The number of fused-ring (bicyclic) bond motifs is 1. The molecular weight excluding hydrogens is 368 g/mol. The molecule has 0 bridgehead atoms. The molecule has 2 heterocycles. The maximum Gasteiger partial charge on any atom is 0.271 e. The summed E-state index contributed by atoms with van der Waals surface area (Å²) in [6, 6.07) is 12.8. The summed E-state index contributed by atoms with van der Waals surface area (Å²) < 4.78 is 10.6. The molecule has 0 saturated carbocycles. The maximum absolute atomic E-state index is 12.3. The topological polar surface area (TPSA) is 85.4 Å². The van der Waals surface area contributed by atoms with Gasteiger partial charge in [-0.3, -0.25) is 4.79 Å². The summed E-state index contributed by atoms with van der Waals surface area (Å²) in [6.07, 6.45) is 2.91. The molecule has 8 heteroatoms. The number of aromatic nitrogens is 2. The molecule has 0 fully saturated rings. The molecular formula is C19H15ClN4O3. The van der Waals surface area contributed by atoms with E-state index in [-0.39, 0.29) is 18.4 Å². The second-order valence-corrected chi connectivity index (χ2v) is 6.23. The Labute approximate surface area is 160 Å². The molecule has 1 aromatic heterocycles. The zero-order valence-electron chi connectivity index (χ0n) is 14.1. The van der Waals surface area contributed by atoms with E-state index in [4.69, 9.17) is 21.1 Å². The molecule has 1 aliphatic heterocycles. The van der Waals surface area contributed by atoms with Crippen LogP contribution in [0.3, 0.4) is 0 Å². The normalized spacial score (nSPS) is 11.9. The molecule has 2 aromatic carbocycles. The summed E-state index contributed by atoms with van der Waals surface area (Å²) >= 11 is 5.95. The average molecular weight is 383 g/mol. The monoisotopic (exact) mass is 382 g/mol. The number of nitrogens with one attached hydrogen (secondary N) is 2. The zero-order valence-corrected chi connectivity index (χ0v) is 14.9. The van der Waals surface area contributed by atoms with Crippen LogP contribution >= 0.6 is 11.6 Å². The number of hydrogen-bond donors (Lipinski definition) is 2. The van der Waals surface area contributed by atoms with Gasteiger partial charge in [0.1, 0.15) is 11.5 Å². The average Bonchev–Trinajstić information content (AvgIpc) is 3.14. The van der Waals surface area contributed by atoms with Crippen LogP contribution in [0.5, 0.6) is 11.5 Å². The zero-order chi connectivity index (χ0) is 18.6. The largest absolute Gasteiger partial charge is 0.454 e. The Morgan fingerprint density at radius 2 is 1.96 bits per heavy atom. The standard InChI is InChI=1S/C19H15ClN4O3/c20-13-2-1-3-14(7-13)24-18-10-21-15(9-22-18)19(25)23-8-12-4-5-16-17(6-12)27-11-26-16/h1-7,9-10H,8,11H2,(H,22,24)(H,23,25). The van der Waals surface area contributed by atoms with Gasteiger partial charge in [0.25, 0.3) is 5.91 Å². The van der Waals surface area contributed by atoms with E-state index in [0.29, 0.717) is 28.9 Å². The third-order valence-electron chi connectivity index (χ3n) is 3.87. The van der Waals surface area contributed by atoms with Crippen LogP contribution in [0.25, 0.3) is 0 Å². The van der Waals surface area contributed by atoms with E-state index in [1.807, 2.05) is 30.3 Å². The lowest BCUT2D eigenvalue weighted by Gasteiger charge is -2.08. The van der Waals surface area contributed by atoms with Crippen LogP contribution in [-0.4, -0.2) is 22.7 Å². The number of halogens is 1. The minimum atomic E-state index is -0.311. The van der Waals surface area contributed by atoms with Gasteiger partial charge in [-0.15, -0.1) is 0 Å². The van der Waals surface area contributed by atoms with E-state index in [1.54, 1.807) is 12.1 Å². The second kappa shape index (κ2) is 7.51. The van der Waals surface area contributed by atoms with Crippen molar-refractivity contribution in [2.45, 2.75) is 6.54 Å². The molecule has 0 spiro atoms. The number of amides is 1. The van der Waals surface area contributed by atoms with Gasteiger partial charge in [-0.2, -0.15) is 0 Å². The predicted molar refractivity (Wildman–Crippen MR) is 101 cm³/mol. The molecule has 0 aliphatic carbocycles. The van der Waals surface area contributed by atoms with E-state index in [2.05, 4.69) is 20.6 Å². The molecule has 27 heavy (non-hydrogen) atoms. The molecule has 0 radical (unpaired) electrons. The maximum atomic E-state index is 12.3. The van der Waals surface area contributed by atoms with Gasteiger partial charge < -0.3 is 20.1 Å². The minimum absolute atomic E-state index is 0.219. The van der Waals surface area contributed by atoms with Crippen LogP contribution in [0.1, 0.15) is 16.1 Å². The van der Waals surface area contributed by atoms with Crippen molar-refractivity contribution in [3.63, 3.8) is 0 Å². The fourth-order valence-corrected chi connectivity index (χ4v) is 2.74. The number of carbonyl (C=O) groups excluding carboxylic acids is 1. The lowest BCUT2D eigenvalue weighted by Crippen LogP contribution is -2.24. The Hall–Kier alpha value is -3.32. The molecule has 3 aromatic rings. The van der Waals surface area contributed by atoms with Gasteiger partial charge >= 0.3 is 0 Å². The van der Waals surface area contributed by atoms with Crippen molar-refractivity contribution < 1.29 is 14.3 Å². The smallest absolute Gasteiger partial charge is 0.271 e. The first kappa shape index (κ1) is 17.1. The fraction of sp³-hybridized carbons (Fsp3) is 0.105. The predicted octanol–water partition coefficient (Wildman–Crippen LogP) is 3.53. The van der Waals surface area contributed by atoms with E-state index in [9.17, 15) is 4.79 Å². The molecule has 0 saturated heterocycles. The molecule has 1 amide bonds. The Morgan fingerprint density at radius 1 is 1.07 bits per heavy atom. The van der Waals surface area contributed by atoms with Gasteiger partial charge in [-0.1, -0.05) is 23.7 Å². The summed E-state index contributed by atoms with van der Waals surface area (Å²) in [5, 5.41) is 6.50. The summed E-state index contributed by atoms with van der Waals surface area (Å²) in [6.45, 7) is 0.565. The summed E-state index contributed by atoms with van der Waals surface area (Å²) in [5.74, 6) is 1.59. The van der Waals surface area contributed by atoms with Gasteiger partial charge in [0.2, 0.25) is 6.79 Å². The van der Waals surface area contributed by atoms with Crippen molar-refractivity contribution in [2.24, 2.45) is 0 Å². The van der Waals surface area contributed by atoms with Crippen molar-refractivity contribution in [3.8, 4) is 11.5 Å². The summed E-state index contributed by atoms with van der Waals surface area (Å²) in [4.78, 5) is 20.6. The third kappa shape index (κ3) is 4.09. The van der Waals surface area contributed by atoms with E-state index < -0.39 is 0 Å². The summed E-state index contributed by atoms with van der Waals surface area (Å²) in [7, 11) is 0. The van der Waals surface area contributed by atoms with Crippen LogP contribution in [0.2, 0.25) is 5.02 Å². The van der Waals surface area contributed by atoms with Gasteiger partial charge in [0, 0.05) is 17.3 Å². The highest BCUT2D eigenvalue weighted by Crippen LogP contribution is 2.32. The van der Waals surface area contributed by atoms with E-state index >= 15 is 0 Å². The number of benzene rings is 2. The lowest BCUT2D eigenvalue weighted by molar-refractivity contribution is 0.0945. The highest BCUT2D eigenvalue weighted by atomic mass is 35.5. The number of rotatable bonds is 5. The Balaban J connectivity index is 1.36. The molecule has 7 nitrogen and oxygen atoms in total. The number of anilines is 2. The number of ether oxygens (including phenoxy) is 2. The van der Waals surface area contributed by atoms with Gasteiger partial charge in [0.05, 0.1) is 12.4 Å². The first-order valence-electron chi connectivity index (χ1n) is 8.19. The first-order chi connectivity index (χ1) is 13.2. The molecule has 4 rings (SSSR count). The highest BCUT2D eigenvalue weighted by Gasteiger charge is 2.14. The highest BCUT2D eigenvalue weighted by molar-refractivity contribution is 6.30. The van der Waals surface area contributed by atoms with Crippen LogP contribution < -0.4 is 20.1 Å². The van der Waals surface area contributed by atoms with Crippen molar-refractivity contribution >= 4 is 29.0 Å². The number of nitrogens with zero attached hydrogens (tertiary/aromatic N) is 2. The fourth-order valence-electron chi connectivity index (χ4n) is 2.55. The Bertz CT molecular complexity index is 979. The van der Waals surface area contributed by atoms with Crippen molar-refractivity contribution in [2.75, 3.05) is 12.1 Å². The number of hydrogen-bond acceptors (Lipinski definition) is 6. The van der Waals surface area contributed by atoms with E-state index in [0.717, 1.165) is 11.3 Å². The van der Waals surface area contributed by atoms with Gasteiger partial charge in [-0.25, -0.2) is 9.97 Å². The first-order valence-corrected chi connectivity index (χ1v) is 8.56. The molecule has 2 N–H and O–H groups in total. The van der Waals surface area contributed by atoms with E-state index in [1.165, 1.54) is 12.4 Å². The minimum Gasteiger partial charge on any atom is -0.454 e. The Kier molecular flexibility index (Phi) is 4.76. The van der Waals surface area contributed by atoms with Crippen LogP contribution in [-0.2, 0) is 6.54 Å². The second-order valence-electron chi connectivity index (χ2n) is 5.79. The Morgan fingerprint density at radius 3 is 2.78 bits per heavy atom. The van der Waals surface area contributed by atoms with Crippen molar-refractivity contribution in [1.82, 2.24) is 15.3 Å². The van der Waals surface area contributed by atoms with Crippen LogP contribution in [0.4, 0.5) is 11.5 Å². The van der Waals surface area contributed by atoms with Crippen LogP contribution in [0.15, 0.2) is 54.9 Å².